The van der Waals surface area contributed by atoms with E-state index < -0.39 is 7.12 Å². The average molecular weight is 275 g/mol. The van der Waals surface area contributed by atoms with Gasteiger partial charge in [0.1, 0.15) is 0 Å². The van der Waals surface area contributed by atoms with Crippen LogP contribution in [0.2, 0.25) is 0 Å². The Bertz CT molecular complexity index is 438. The minimum atomic E-state index is -1.38. The summed E-state index contributed by atoms with van der Waals surface area (Å²) in [5.74, 6) is 0. The van der Waals surface area contributed by atoms with Gasteiger partial charge in [-0.25, -0.2) is 0 Å². The summed E-state index contributed by atoms with van der Waals surface area (Å²) >= 11 is 0. The second-order valence-corrected chi connectivity index (χ2v) is 7.18. The zero-order chi connectivity index (χ0) is 15.0. The van der Waals surface area contributed by atoms with E-state index in [2.05, 4.69) is 32.6 Å². The number of piperidine rings is 1. The molecule has 1 aliphatic rings. The third-order valence-corrected chi connectivity index (χ3v) is 4.66. The van der Waals surface area contributed by atoms with Crippen molar-refractivity contribution in [1.82, 2.24) is 4.90 Å². The van der Waals surface area contributed by atoms with Gasteiger partial charge >= 0.3 is 7.12 Å². The Hall–Kier alpha value is -0.835. The van der Waals surface area contributed by atoms with E-state index in [1.54, 1.807) is 12.1 Å². The molecule has 1 aliphatic heterocycles. The topological polar surface area (TPSA) is 43.7 Å². The summed E-state index contributed by atoms with van der Waals surface area (Å²) in [5, 5.41) is 18.3. The largest absolute Gasteiger partial charge is 0.488 e. The zero-order valence-corrected chi connectivity index (χ0v) is 13.1. The molecule has 0 aromatic heterocycles. The Morgan fingerprint density at radius 1 is 1.00 bits per heavy atom. The smallest absolute Gasteiger partial charge is 0.423 e. The van der Waals surface area contributed by atoms with Crippen molar-refractivity contribution < 1.29 is 10.0 Å². The Morgan fingerprint density at radius 2 is 1.50 bits per heavy atom. The van der Waals surface area contributed by atoms with Crippen molar-refractivity contribution in [3.05, 3.63) is 29.8 Å². The van der Waals surface area contributed by atoms with E-state index in [1.807, 2.05) is 12.1 Å². The van der Waals surface area contributed by atoms with Crippen molar-refractivity contribution >= 4 is 12.6 Å². The lowest BCUT2D eigenvalue weighted by molar-refractivity contribution is -0.0340. The summed E-state index contributed by atoms with van der Waals surface area (Å²) in [6.07, 6.45) is 3.74. The maximum absolute atomic E-state index is 9.15. The highest BCUT2D eigenvalue weighted by molar-refractivity contribution is 6.58. The van der Waals surface area contributed by atoms with Gasteiger partial charge in [-0.15, -0.1) is 0 Å². The lowest BCUT2D eigenvalue weighted by Crippen LogP contribution is -2.57. The molecule has 0 unspecified atom stereocenters. The molecule has 0 bridgehead atoms. The molecule has 0 radical (unpaired) electrons. The molecule has 1 heterocycles. The van der Waals surface area contributed by atoms with Crippen molar-refractivity contribution in [3.8, 4) is 0 Å². The summed E-state index contributed by atoms with van der Waals surface area (Å²) in [6.45, 7) is 10.2. The van der Waals surface area contributed by atoms with Crippen LogP contribution in [0.4, 0.5) is 0 Å². The first kappa shape index (κ1) is 15.6. The molecule has 1 fully saturated rings. The molecule has 110 valence electrons. The maximum Gasteiger partial charge on any atom is 0.488 e. The van der Waals surface area contributed by atoms with Gasteiger partial charge in [-0.2, -0.15) is 0 Å². The fraction of sp³-hybridized carbons (Fsp3) is 0.625. The highest BCUT2D eigenvalue weighted by Crippen LogP contribution is 2.39. The second-order valence-electron chi connectivity index (χ2n) is 7.18. The van der Waals surface area contributed by atoms with Crippen molar-refractivity contribution in [2.24, 2.45) is 0 Å². The molecule has 0 amide bonds. The first-order valence-electron chi connectivity index (χ1n) is 7.45. The number of likely N-dealkylation sites (tertiary alicyclic amines) is 1. The summed E-state index contributed by atoms with van der Waals surface area (Å²) < 4.78 is 0. The number of hydrogen-bond donors (Lipinski definition) is 2. The zero-order valence-electron chi connectivity index (χ0n) is 13.1. The lowest BCUT2D eigenvalue weighted by Gasteiger charge is -2.53. The van der Waals surface area contributed by atoms with Crippen LogP contribution < -0.4 is 5.46 Å². The van der Waals surface area contributed by atoms with Gasteiger partial charge in [0.25, 0.3) is 0 Å². The second kappa shape index (κ2) is 5.51. The maximum atomic E-state index is 9.15. The Labute approximate surface area is 122 Å². The molecular weight excluding hydrogens is 249 g/mol. The third-order valence-electron chi connectivity index (χ3n) is 4.66. The van der Waals surface area contributed by atoms with Gasteiger partial charge in [0.15, 0.2) is 0 Å². The number of benzene rings is 1. The van der Waals surface area contributed by atoms with E-state index in [0.29, 0.717) is 5.46 Å². The SMILES string of the molecule is CC1(C)CCCC(C)(C)N1Cc1ccc(B(O)O)cc1. The molecule has 2 rings (SSSR count). The summed E-state index contributed by atoms with van der Waals surface area (Å²) in [6, 6.07) is 7.58. The molecule has 0 atom stereocenters. The first-order chi connectivity index (χ1) is 9.22. The predicted octanol–water partition coefficient (Wildman–Crippen LogP) is 1.91. The Balaban J connectivity index is 2.18. The van der Waals surface area contributed by atoms with Crippen LogP contribution in [0.5, 0.6) is 0 Å². The van der Waals surface area contributed by atoms with Crippen LogP contribution >= 0.6 is 0 Å². The number of hydrogen-bond acceptors (Lipinski definition) is 3. The Morgan fingerprint density at radius 3 is 1.95 bits per heavy atom. The molecule has 1 aromatic carbocycles. The van der Waals surface area contributed by atoms with Crippen LogP contribution in [0, 0.1) is 0 Å². The molecule has 0 aliphatic carbocycles. The van der Waals surface area contributed by atoms with Crippen LogP contribution in [0.1, 0.15) is 52.5 Å². The van der Waals surface area contributed by atoms with Crippen molar-refractivity contribution in [2.45, 2.75) is 64.6 Å². The summed E-state index contributed by atoms with van der Waals surface area (Å²) in [7, 11) is -1.38. The molecule has 1 saturated heterocycles. The van der Waals surface area contributed by atoms with Crippen LogP contribution in [-0.4, -0.2) is 33.1 Å². The normalized spacial score (nSPS) is 21.7. The monoisotopic (exact) mass is 275 g/mol. The highest BCUT2D eigenvalue weighted by Gasteiger charge is 2.40. The van der Waals surface area contributed by atoms with E-state index in [0.717, 1.165) is 6.54 Å². The van der Waals surface area contributed by atoms with Gasteiger partial charge in [0, 0.05) is 17.6 Å². The van der Waals surface area contributed by atoms with E-state index >= 15 is 0 Å². The quantitative estimate of drug-likeness (QED) is 0.828. The average Bonchev–Trinajstić information content (AvgIpc) is 2.34. The van der Waals surface area contributed by atoms with Gasteiger partial charge in [-0.05, 0) is 58.0 Å². The van der Waals surface area contributed by atoms with Crippen molar-refractivity contribution in [3.63, 3.8) is 0 Å². The van der Waals surface area contributed by atoms with Crippen LogP contribution in [0.3, 0.4) is 0 Å². The van der Waals surface area contributed by atoms with E-state index in [-0.39, 0.29) is 11.1 Å². The van der Waals surface area contributed by atoms with Crippen LogP contribution in [-0.2, 0) is 6.54 Å². The minimum Gasteiger partial charge on any atom is -0.423 e. The lowest BCUT2D eigenvalue weighted by atomic mass is 9.78. The summed E-state index contributed by atoms with van der Waals surface area (Å²) in [4.78, 5) is 2.58. The van der Waals surface area contributed by atoms with Crippen LogP contribution in [0.15, 0.2) is 24.3 Å². The van der Waals surface area contributed by atoms with E-state index in [1.165, 1.54) is 24.8 Å². The van der Waals surface area contributed by atoms with Gasteiger partial charge < -0.3 is 10.0 Å². The number of nitrogens with zero attached hydrogens (tertiary/aromatic N) is 1. The van der Waals surface area contributed by atoms with Gasteiger partial charge in [0.2, 0.25) is 0 Å². The highest BCUT2D eigenvalue weighted by atomic mass is 16.4. The molecule has 20 heavy (non-hydrogen) atoms. The Kier molecular flexibility index (Phi) is 4.28. The standard InChI is InChI=1S/C16H26BNO2/c1-15(2)10-5-11-16(3,4)18(15)12-13-6-8-14(9-7-13)17(19)20/h6-9,19-20H,5,10-12H2,1-4H3. The number of rotatable bonds is 3. The van der Waals surface area contributed by atoms with Crippen molar-refractivity contribution in [1.29, 1.82) is 0 Å². The first-order valence-corrected chi connectivity index (χ1v) is 7.45. The van der Waals surface area contributed by atoms with E-state index in [4.69, 9.17) is 10.0 Å². The molecule has 1 aromatic rings. The van der Waals surface area contributed by atoms with Crippen molar-refractivity contribution in [2.75, 3.05) is 0 Å². The molecule has 2 N–H and O–H groups in total. The van der Waals surface area contributed by atoms with Gasteiger partial charge in [-0.3, -0.25) is 4.90 Å². The van der Waals surface area contributed by atoms with Crippen LogP contribution in [0.25, 0.3) is 0 Å². The van der Waals surface area contributed by atoms with Gasteiger partial charge in [0.05, 0.1) is 0 Å². The third kappa shape index (κ3) is 3.25. The molecule has 0 spiro atoms. The molecular formula is C16H26BNO2. The van der Waals surface area contributed by atoms with Gasteiger partial charge in [-0.1, -0.05) is 24.3 Å². The molecule has 3 nitrogen and oxygen atoms in total. The predicted molar refractivity (Wildman–Crippen MR) is 83.8 cm³/mol. The molecule has 4 heteroatoms. The fourth-order valence-electron chi connectivity index (χ4n) is 3.45. The molecule has 0 saturated carbocycles. The van der Waals surface area contributed by atoms with E-state index in [9.17, 15) is 0 Å². The summed E-state index contributed by atoms with van der Waals surface area (Å²) in [5.41, 5.74) is 2.18. The minimum absolute atomic E-state index is 0.205. The fourth-order valence-corrected chi connectivity index (χ4v) is 3.45.